The maximum atomic E-state index is 11.4. The number of urea groups is 1. The molecule has 1 aliphatic carbocycles. The van der Waals surface area contributed by atoms with Crippen LogP contribution in [-0.2, 0) is 4.79 Å². The Bertz CT molecular complexity index is 286. The van der Waals surface area contributed by atoms with Gasteiger partial charge in [-0.05, 0) is 11.8 Å². The minimum atomic E-state index is -0.696. The third kappa shape index (κ3) is 0.582. The first-order chi connectivity index (χ1) is 5.41. The van der Waals surface area contributed by atoms with Crippen molar-refractivity contribution in [3.63, 3.8) is 0 Å². The summed E-state index contributed by atoms with van der Waals surface area (Å²) in [5.41, 5.74) is -0.841. The monoisotopic (exact) mass is 169 g/mol. The van der Waals surface area contributed by atoms with Crippen LogP contribution in [0.4, 0.5) is 4.79 Å². The van der Waals surface area contributed by atoms with Gasteiger partial charge in [-0.3, -0.25) is 4.79 Å². The molecule has 1 heterocycles. The predicted molar refractivity (Wildman–Crippen MR) is 40.7 cm³/mol. The topological polar surface area (TPSA) is 75.4 Å². The smallest absolute Gasteiger partial charge is 0.321 e. The molecule has 0 aromatic rings. The SMILES string of the molecule is CC1(C)CC12NC(=O)N(N)C2=O. The summed E-state index contributed by atoms with van der Waals surface area (Å²) < 4.78 is 0. The van der Waals surface area contributed by atoms with Crippen LogP contribution in [0.3, 0.4) is 0 Å². The Morgan fingerprint density at radius 3 is 2.17 bits per heavy atom. The molecule has 3 N–H and O–H groups in total. The van der Waals surface area contributed by atoms with Gasteiger partial charge >= 0.3 is 6.03 Å². The van der Waals surface area contributed by atoms with Gasteiger partial charge < -0.3 is 5.32 Å². The average Bonchev–Trinajstić information content (AvgIpc) is 2.44. The van der Waals surface area contributed by atoms with E-state index in [1.54, 1.807) is 0 Å². The van der Waals surface area contributed by atoms with Gasteiger partial charge in [-0.2, -0.15) is 5.01 Å². The minimum Gasteiger partial charge on any atom is -0.321 e. The maximum Gasteiger partial charge on any atom is 0.339 e. The van der Waals surface area contributed by atoms with Crippen molar-refractivity contribution in [3.05, 3.63) is 0 Å². The molecule has 1 atom stereocenters. The highest BCUT2D eigenvalue weighted by atomic mass is 16.2. The number of nitrogens with two attached hydrogens (primary N) is 1. The van der Waals surface area contributed by atoms with Gasteiger partial charge in [0.05, 0.1) is 0 Å². The fraction of sp³-hybridized carbons (Fsp3) is 0.714. The summed E-state index contributed by atoms with van der Waals surface area (Å²) in [6.07, 6.45) is 0.679. The molecule has 1 spiro atoms. The number of imide groups is 1. The Morgan fingerprint density at radius 1 is 1.50 bits per heavy atom. The molecular formula is C7H11N3O2. The summed E-state index contributed by atoms with van der Waals surface area (Å²) in [4.78, 5) is 22.4. The normalized spacial score (nSPS) is 37.4. The van der Waals surface area contributed by atoms with Crippen molar-refractivity contribution in [2.75, 3.05) is 0 Å². The van der Waals surface area contributed by atoms with Gasteiger partial charge in [0.25, 0.3) is 5.91 Å². The van der Waals surface area contributed by atoms with Crippen LogP contribution in [0.5, 0.6) is 0 Å². The van der Waals surface area contributed by atoms with Crippen molar-refractivity contribution in [1.82, 2.24) is 10.3 Å². The van der Waals surface area contributed by atoms with Gasteiger partial charge in [0, 0.05) is 0 Å². The summed E-state index contributed by atoms with van der Waals surface area (Å²) in [6.45, 7) is 3.87. The molecule has 2 aliphatic rings. The summed E-state index contributed by atoms with van der Waals surface area (Å²) >= 11 is 0. The molecule has 2 fully saturated rings. The van der Waals surface area contributed by atoms with Gasteiger partial charge in [-0.25, -0.2) is 10.6 Å². The third-order valence-corrected chi connectivity index (χ3v) is 2.86. The second kappa shape index (κ2) is 1.64. The Morgan fingerprint density at radius 2 is 2.00 bits per heavy atom. The molecule has 5 heteroatoms. The number of hydrazine groups is 1. The van der Waals surface area contributed by atoms with Gasteiger partial charge in [-0.1, -0.05) is 13.8 Å². The Kier molecular flexibility index (Phi) is 1.03. The quantitative estimate of drug-likeness (QED) is 0.294. The first-order valence-corrected chi connectivity index (χ1v) is 3.82. The van der Waals surface area contributed by atoms with E-state index in [2.05, 4.69) is 5.32 Å². The summed E-state index contributed by atoms with van der Waals surface area (Å²) in [5.74, 6) is 4.92. The van der Waals surface area contributed by atoms with E-state index >= 15 is 0 Å². The van der Waals surface area contributed by atoms with E-state index in [1.807, 2.05) is 13.8 Å². The number of nitrogens with zero attached hydrogens (tertiary/aromatic N) is 1. The first kappa shape index (κ1) is 7.54. The number of carbonyl (C=O) groups excluding carboxylic acids is 2. The van der Waals surface area contributed by atoms with Crippen LogP contribution in [0.25, 0.3) is 0 Å². The van der Waals surface area contributed by atoms with E-state index in [1.165, 1.54) is 0 Å². The van der Waals surface area contributed by atoms with Crippen LogP contribution in [0.15, 0.2) is 0 Å². The van der Waals surface area contributed by atoms with Gasteiger partial charge in [0.2, 0.25) is 0 Å². The van der Waals surface area contributed by atoms with Crippen molar-refractivity contribution in [1.29, 1.82) is 0 Å². The molecule has 0 bridgehead atoms. The van der Waals surface area contributed by atoms with Gasteiger partial charge in [0.1, 0.15) is 5.54 Å². The highest BCUT2D eigenvalue weighted by Gasteiger charge is 2.72. The predicted octanol–water partition coefficient (Wildman–Crippen LogP) is -0.419. The molecule has 1 saturated carbocycles. The molecule has 12 heavy (non-hydrogen) atoms. The summed E-state index contributed by atoms with van der Waals surface area (Å²) in [5, 5.41) is 3.27. The van der Waals surface area contributed by atoms with Crippen LogP contribution >= 0.6 is 0 Å². The summed E-state index contributed by atoms with van der Waals surface area (Å²) in [7, 11) is 0. The van der Waals surface area contributed by atoms with E-state index in [0.29, 0.717) is 11.4 Å². The van der Waals surface area contributed by atoms with Crippen molar-refractivity contribution in [3.8, 4) is 0 Å². The second-order valence-electron chi connectivity index (χ2n) is 4.07. The fourth-order valence-electron chi connectivity index (χ4n) is 1.79. The van der Waals surface area contributed by atoms with Gasteiger partial charge in [-0.15, -0.1) is 0 Å². The maximum absolute atomic E-state index is 11.4. The number of rotatable bonds is 0. The fourth-order valence-corrected chi connectivity index (χ4v) is 1.79. The van der Waals surface area contributed by atoms with Crippen LogP contribution in [0, 0.1) is 5.41 Å². The minimum absolute atomic E-state index is 0.145. The van der Waals surface area contributed by atoms with Crippen LogP contribution in [-0.4, -0.2) is 22.5 Å². The number of nitrogens with one attached hydrogen (secondary N) is 1. The lowest BCUT2D eigenvalue weighted by atomic mass is 10.1. The zero-order valence-corrected chi connectivity index (χ0v) is 7.05. The van der Waals surface area contributed by atoms with Crippen molar-refractivity contribution < 1.29 is 9.59 Å². The highest BCUT2D eigenvalue weighted by molar-refractivity contribution is 6.09. The number of carbonyl (C=O) groups is 2. The standard InChI is InChI=1S/C7H11N3O2/c1-6(2)3-7(6)4(11)10(8)5(12)9-7/h3,8H2,1-2H3,(H,9,12). The average molecular weight is 169 g/mol. The number of hydrogen-bond acceptors (Lipinski definition) is 3. The van der Waals surface area contributed by atoms with Crippen LogP contribution in [0.2, 0.25) is 0 Å². The second-order valence-corrected chi connectivity index (χ2v) is 4.07. The zero-order valence-electron chi connectivity index (χ0n) is 7.05. The molecular weight excluding hydrogens is 158 g/mol. The molecule has 1 aliphatic heterocycles. The zero-order chi connectivity index (χ0) is 9.15. The van der Waals surface area contributed by atoms with Crippen molar-refractivity contribution in [2.45, 2.75) is 25.8 Å². The highest BCUT2D eigenvalue weighted by Crippen LogP contribution is 2.57. The summed E-state index contributed by atoms with van der Waals surface area (Å²) in [6, 6.07) is -0.495. The molecule has 0 radical (unpaired) electrons. The van der Waals surface area contributed by atoms with E-state index in [-0.39, 0.29) is 11.3 Å². The molecule has 5 nitrogen and oxygen atoms in total. The van der Waals surface area contributed by atoms with Crippen LogP contribution in [0.1, 0.15) is 20.3 Å². The molecule has 66 valence electrons. The molecule has 0 aromatic heterocycles. The molecule has 1 saturated heterocycles. The Balaban J connectivity index is 2.35. The largest absolute Gasteiger partial charge is 0.339 e. The van der Waals surface area contributed by atoms with Crippen molar-refractivity contribution in [2.24, 2.45) is 11.3 Å². The Hall–Kier alpha value is -1.10. The lowest BCUT2D eigenvalue weighted by Crippen LogP contribution is -2.39. The lowest BCUT2D eigenvalue weighted by Gasteiger charge is -2.09. The Labute approximate surface area is 69.9 Å². The van der Waals surface area contributed by atoms with E-state index in [9.17, 15) is 9.59 Å². The molecule has 1 unspecified atom stereocenters. The number of amides is 3. The van der Waals surface area contributed by atoms with Gasteiger partial charge in [0.15, 0.2) is 0 Å². The van der Waals surface area contributed by atoms with Crippen LogP contribution < -0.4 is 11.2 Å². The number of hydrogen-bond donors (Lipinski definition) is 2. The molecule has 2 rings (SSSR count). The van der Waals surface area contributed by atoms with E-state index in [0.717, 1.165) is 0 Å². The lowest BCUT2D eigenvalue weighted by molar-refractivity contribution is -0.129. The third-order valence-electron chi connectivity index (χ3n) is 2.86. The molecule has 3 amide bonds. The first-order valence-electron chi connectivity index (χ1n) is 3.82. The van der Waals surface area contributed by atoms with Crippen molar-refractivity contribution >= 4 is 11.9 Å². The van der Waals surface area contributed by atoms with E-state index in [4.69, 9.17) is 5.84 Å². The molecule has 0 aromatic carbocycles. The van der Waals surface area contributed by atoms with E-state index < -0.39 is 11.6 Å².